The van der Waals surface area contributed by atoms with Crippen LogP contribution in [-0.2, 0) is 6.42 Å². The van der Waals surface area contributed by atoms with E-state index in [1.807, 2.05) is 36.5 Å². The molecule has 3 aliphatic carbocycles. The van der Waals surface area contributed by atoms with Crippen LogP contribution >= 0.6 is 0 Å². The van der Waals surface area contributed by atoms with Crippen molar-refractivity contribution in [3.05, 3.63) is 65.2 Å². The number of hydrogen-bond acceptors (Lipinski definition) is 3. The van der Waals surface area contributed by atoms with Crippen molar-refractivity contribution in [2.45, 2.75) is 51.4 Å². The van der Waals surface area contributed by atoms with Gasteiger partial charge in [-0.05, 0) is 85.1 Å². The summed E-state index contributed by atoms with van der Waals surface area (Å²) in [5.74, 6) is 2.50. The lowest BCUT2D eigenvalue weighted by atomic mass is 9.55. The standard InChI is InChI=1S/C25H28N2O/c1-25-14-13-21-20-10-8-19(28)15-18(20)7-9-22(21)23(25)11-12-24(25)27-26-16-17-5-3-2-4-6-17/h2-6,8,10,15-16,21-23,28H,7,9,11-14H2,1H3/b26-16-,27-24-/t21-,22-,23+,25+/m1/s1. The first-order valence-corrected chi connectivity index (χ1v) is 10.6. The lowest BCUT2D eigenvalue weighted by Gasteiger charge is -2.49. The Bertz CT molecular complexity index is 933. The molecule has 0 saturated heterocycles. The van der Waals surface area contributed by atoms with Gasteiger partial charge in [0.1, 0.15) is 5.75 Å². The Morgan fingerprint density at radius 2 is 1.89 bits per heavy atom. The smallest absolute Gasteiger partial charge is 0.115 e. The molecule has 0 radical (unpaired) electrons. The van der Waals surface area contributed by atoms with Gasteiger partial charge in [-0.1, -0.05) is 43.3 Å². The Labute approximate surface area is 167 Å². The van der Waals surface area contributed by atoms with Crippen molar-refractivity contribution in [1.82, 2.24) is 0 Å². The largest absolute Gasteiger partial charge is 0.508 e. The van der Waals surface area contributed by atoms with Crippen molar-refractivity contribution in [2.24, 2.45) is 27.5 Å². The van der Waals surface area contributed by atoms with E-state index in [4.69, 9.17) is 5.10 Å². The summed E-state index contributed by atoms with van der Waals surface area (Å²) in [6, 6.07) is 16.2. The third-order valence-corrected chi connectivity index (χ3v) is 7.64. The number of hydrogen-bond donors (Lipinski definition) is 1. The van der Waals surface area contributed by atoms with Gasteiger partial charge in [-0.2, -0.15) is 10.2 Å². The Kier molecular flexibility index (Phi) is 4.34. The Morgan fingerprint density at radius 1 is 1.04 bits per heavy atom. The fourth-order valence-electron chi connectivity index (χ4n) is 6.23. The number of nitrogens with zero attached hydrogens (tertiary/aromatic N) is 2. The summed E-state index contributed by atoms with van der Waals surface area (Å²) in [7, 11) is 0. The molecule has 0 heterocycles. The summed E-state index contributed by atoms with van der Waals surface area (Å²) in [5.41, 5.74) is 5.46. The molecule has 3 aliphatic rings. The number of aromatic hydroxyl groups is 1. The van der Waals surface area contributed by atoms with E-state index in [1.54, 1.807) is 0 Å². The van der Waals surface area contributed by atoms with E-state index in [-0.39, 0.29) is 5.41 Å². The fraction of sp³-hybridized carbons (Fsp3) is 0.440. The van der Waals surface area contributed by atoms with Gasteiger partial charge in [0.2, 0.25) is 0 Å². The quantitative estimate of drug-likeness (QED) is 0.531. The van der Waals surface area contributed by atoms with Crippen LogP contribution in [0.4, 0.5) is 0 Å². The molecule has 1 N–H and O–H groups in total. The van der Waals surface area contributed by atoms with Crippen molar-refractivity contribution >= 4 is 11.9 Å². The number of aryl methyl sites for hydroxylation is 1. The molecule has 4 atom stereocenters. The third-order valence-electron chi connectivity index (χ3n) is 7.64. The van der Waals surface area contributed by atoms with Gasteiger partial charge >= 0.3 is 0 Å². The van der Waals surface area contributed by atoms with E-state index in [0.717, 1.165) is 24.3 Å². The first kappa shape index (κ1) is 17.7. The predicted octanol–water partition coefficient (Wildman–Crippen LogP) is 5.72. The van der Waals surface area contributed by atoms with Crippen LogP contribution in [0.1, 0.15) is 61.6 Å². The van der Waals surface area contributed by atoms with Gasteiger partial charge in [0.15, 0.2) is 0 Å². The number of phenolic OH excluding ortho intramolecular Hbond substituents is 1. The van der Waals surface area contributed by atoms with E-state index in [1.165, 1.54) is 42.5 Å². The maximum Gasteiger partial charge on any atom is 0.115 e. The molecule has 0 amide bonds. The molecule has 0 bridgehead atoms. The average molecular weight is 373 g/mol. The molecule has 0 aromatic heterocycles. The van der Waals surface area contributed by atoms with Gasteiger partial charge in [-0.15, -0.1) is 0 Å². The second-order valence-electron chi connectivity index (χ2n) is 9.00. The zero-order valence-electron chi connectivity index (χ0n) is 16.5. The van der Waals surface area contributed by atoms with Gasteiger partial charge in [-0.3, -0.25) is 0 Å². The number of rotatable bonds is 2. The van der Waals surface area contributed by atoms with Gasteiger partial charge in [-0.25, -0.2) is 0 Å². The van der Waals surface area contributed by atoms with Gasteiger partial charge in [0.25, 0.3) is 0 Å². The van der Waals surface area contributed by atoms with E-state index in [9.17, 15) is 5.11 Å². The Morgan fingerprint density at radius 3 is 2.75 bits per heavy atom. The second-order valence-corrected chi connectivity index (χ2v) is 9.00. The SMILES string of the molecule is C[C@]12CC[C@@H]3c4ccc(O)cc4CC[C@H]3[C@@H]1CC/C2=N/N=C\c1ccccc1. The first-order chi connectivity index (χ1) is 13.6. The van der Waals surface area contributed by atoms with Crippen molar-refractivity contribution < 1.29 is 5.11 Å². The molecule has 5 rings (SSSR count). The van der Waals surface area contributed by atoms with E-state index >= 15 is 0 Å². The summed E-state index contributed by atoms with van der Waals surface area (Å²) < 4.78 is 0. The van der Waals surface area contributed by atoms with Crippen LogP contribution in [0.25, 0.3) is 0 Å². The van der Waals surface area contributed by atoms with Crippen molar-refractivity contribution in [3.63, 3.8) is 0 Å². The topological polar surface area (TPSA) is 45.0 Å². The zero-order valence-corrected chi connectivity index (χ0v) is 16.5. The molecule has 3 heteroatoms. The minimum absolute atomic E-state index is 0.198. The fourth-order valence-corrected chi connectivity index (χ4v) is 6.23. The van der Waals surface area contributed by atoms with Crippen LogP contribution in [0.15, 0.2) is 58.7 Å². The van der Waals surface area contributed by atoms with Crippen molar-refractivity contribution in [1.29, 1.82) is 0 Å². The molecule has 2 fully saturated rings. The molecular weight excluding hydrogens is 344 g/mol. The van der Waals surface area contributed by atoms with Crippen LogP contribution < -0.4 is 0 Å². The minimum atomic E-state index is 0.198. The van der Waals surface area contributed by atoms with E-state index in [2.05, 4.69) is 30.2 Å². The summed E-state index contributed by atoms with van der Waals surface area (Å²) in [5, 5.41) is 19.0. The monoisotopic (exact) mass is 372 g/mol. The summed E-state index contributed by atoms with van der Waals surface area (Å²) >= 11 is 0. The van der Waals surface area contributed by atoms with Crippen LogP contribution in [-0.4, -0.2) is 17.0 Å². The summed E-state index contributed by atoms with van der Waals surface area (Å²) in [4.78, 5) is 0. The highest BCUT2D eigenvalue weighted by Crippen LogP contribution is 2.60. The van der Waals surface area contributed by atoms with Gasteiger partial charge in [0.05, 0.1) is 6.21 Å². The molecule has 0 unspecified atom stereocenters. The highest BCUT2D eigenvalue weighted by Gasteiger charge is 2.53. The molecule has 2 saturated carbocycles. The maximum absolute atomic E-state index is 9.85. The molecule has 2 aromatic carbocycles. The minimum Gasteiger partial charge on any atom is -0.508 e. The van der Waals surface area contributed by atoms with Crippen LogP contribution in [0.5, 0.6) is 5.75 Å². The van der Waals surface area contributed by atoms with Crippen LogP contribution in [0, 0.1) is 17.3 Å². The van der Waals surface area contributed by atoms with Crippen molar-refractivity contribution in [3.8, 4) is 5.75 Å². The highest BCUT2D eigenvalue weighted by molar-refractivity contribution is 5.93. The summed E-state index contributed by atoms with van der Waals surface area (Å²) in [6.07, 6.45) is 8.94. The Hall–Kier alpha value is -2.42. The van der Waals surface area contributed by atoms with E-state index < -0.39 is 0 Å². The molecule has 3 nitrogen and oxygen atoms in total. The first-order valence-electron chi connectivity index (χ1n) is 10.6. The molecular formula is C25H28N2O. The Balaban J connectivity index is 1.39. The van der Waals surface area contributed by atoms with Gasteiger partial charge < -0.3 is 5.11 Å². The second kappa shape index (κ2) is 6.88. The van der Waals surface area contributed by atoms with Crippen LogP contribution in [0.3, 0.4) is 0 Å². The lowest BCUT2D eigenvalue weighted by Crippen LogP contribution is -2.42. The molecule has 28 heavy (non-hydrogen) atoms. The van der Waals surface area contributed by atoms with Gasteiger partial charge in [0, 0.05) is 11.1 Å². The maximum atomic E-state index is 9.85. The predicted molar refractivity (Wildman–Crippen MR) is 114 cm³/mol. The van der Waals surface area contributed by atoms with Crippen molar-refractivity contribution in [2.75, 3.05) is 0 Å². The summed E-state index contributed by atoms with van der Waals surface area (Å²) in [6.45, 7) is 2.43. The molecule has 144 valence electrons. The van der Waals surface area contributed by atoms with E-state index in [0.29, 0.717) is 17.6 Å². The third kappa shape index (κ3) is 2.88. The number of benzene rings is 2. The lowest BCUT2D eigenvalue weighted by molar-refractivity contribution is 0.0955. The average Bonchev–Trinajstić information content (AvgIpc) is 3.05. The van der Waals surface area contributed by atoms with Crippen LogP contribution in [0.2, 0.25) is 0 Å². The molecule has 2 aromatic rings. The molecule has 0 spiro atoms. The normalized spacial score (nSPS) is 32.9. The highest BCUT2D eigenvalue weighted by atomic mass is 16.3. The zero-order chi connectivity index (χ0) is 19.1. The molecule has 0 aliphatic heterocycles. The number of fused-ring (bicyclic) bond motifs is 5. The number of phenols is 1.